The van der Waals surface area contributed by atoms with Crippen molar-refractivity contribution in [3.8, 4) is 5.69 Å². The Bertz CT molecular complexity index is 669. The van der Waals surface area contributed by atoms with Crippen LogP contribution in [0.5, 0.6) is 0 Å². The Hall–Kier alpha value is -1.37. The summed E-state index contributed by atoms with van der Waals surface area (Å²) in [4.78, 5) is 12.3. The summed E-state index contributed by atoms with van der Waals surface area (Å²) in [6, 6.07) is 7.76. The Balaban J connectivity index is 0.00000242. The zero-order valence-electron chi connectivity index (χ0n) is 12.8. The smallest absolute Gasteiger partial charge is 0.255 e. The Morgan fingerprint density at radius 2 is 2.14 bits per heavy atom. The second-order valence-corrected chi connectivity index (χ2v) is 6.49. The molecule has 0 bridgehead atoms. The fraction of sp³-hybridized carbons (Fsp3) is 0.333. The van der Waals surface area contributed by atoms with Crippen LogP contribution in [0.15, 0.2) is 34.9 Å². The highest BCUT2D eigenvalue weighted by Crippen LogP contribution is 2.18. The lowest BCUT2D eigenvalue weighted by molar-refractivity contribution is 0.0915. The monoisotopic (exact) mass is 386 g/mol. The summed E-state index contributed by atoms with van der Waals surface area (Å²) in [5, 5.41) is 7.22. The molecule has 0 saturated carbocycles. The summed E-state index contributed by atoms with van der Waals surface area (Å²) in [5.74, 6) is -0.163. The van der Waals surface area contributed by atoms with Crippen LogP contribution in [0.25, 0.3) is 5.69 Å². The summed E-state index contributed by atoms with van der Waals surface area (Å²) in [5.41, 5.74) is 7.44. The van der Waals surface area contributed by atoms with Gasteiger partial charge in [0.15, 0.2) is 0 Å². The molecule has 0 aliphatic rings. The molecule has 0 atom stereocenters. The van der Waals surface area contributed by atoms with Crippen molar-refractivity contribution in [2.45, 2.75) is 26.3 Å². The lowest BCUT2D eigenvalue weighted by atomic mass is 10.1. The van der Waals surface area contributed by atoms with E-state index in [0.717, 1.165) is 15.9 Å². The number of aromatic nitrogens is 2. The van der Waals surface area contributed by atoms with Gasteiger partial charge in [-0.05, 0) is 39.0 Å². The van der Waals surface area contributed by atoms with Crippen LogP contribution >= 0.6 is 28.3 Å². The molecule has 2 rings (SSSR count). The minimum atomic E-state index is -0.443. The molecule has 3 N–H and O–H groups in total. The number of amides is 1. The highest BCUT2D eigenvalue weighted by Gasteiger charge is 2.22. The first-order chi connectivity index (χ1) is 9.84. The van der Waals surface area contributed by atoms with E-state index in [1.807, 2.05) is 45.0 Å². The number of halogens is 2. The van der Waals surface area contributed by atoms with E-state index in [2.05, 4.69) is 26.3 Å². The van der Waals surface area contributed by atoms with Crippen molar-refractivity contribution in [2.75, 3.05) is 6.54 Å². The Kier molecular flexibility index (Phi) is 6.17. The van der Waals surface area contributed by atoms with Crippen LogP contribution in [0.4, 0.5) is 0 Å². The van der Waals surface area contributed by atoms with Gasteiger partial charge in [-0.3, -0.25) is 4.79 Å². The highest BCUT2D eigenvalue weighted by atomic mass is 79.9. The minimum absolute atomic E-state index is 0. The number of nitrogens with one attached hydrogen (secondary N) is 1. The standard InChI is InChI=1S/C15H19BrN4O.ClH/c1-10-13(14(21)19-15(2,3)9-17)8-18-20(10)12-6-4-5-11(16)7-12;/h4-8H,9,17H2,1-3H3,(H,19,21);1H. The molecule has 0 radical (unpaired) electrons. The summed E-state index contributed by atoms with van der Waals surface area (Å²) < 4.78 is 2.71. The molecule has 0 fully saturated rings. The van der Waals surface area contributed by atoms with Gasteiger partial charge in [0.05, 0.1) is 23.1 Å². The molecule has 1 amide bonds. The van der Waals surface area contributed by atoms with E-state index in [9.17, 15) is 4.79 Å². The van der Waals surface area contributed by atoms with Crippen LogP contribution in [0.1, 0.15) is 29.9 Å². The predicted molar refractivity (Wildman–Crippen MR) is 93.8 cm³/mol. The van der Waals surface area contributed by atoms with E-state index in [1.165, 1.54) is 0 Å². The van der Waals surface area contributed by atoms with Gasteiger partial charge in [-0.15, -0.1) is 12.4 Å². The van der Waals surface area contributed by atoms with Crippen LogP contribution in [-0.2, 0) is 0 Å². The van der Waals surface area contributed by atoms with Crippen molar-refractivity contribution in [1.29, 1.82) is 0 Å². The van der Waals surface area contributed by atoms with E-state index >= 15 is 0 Å². The first-order valence-electron chi connectivity index (χ1n) is 6.67. The molecule has 5 nitrogen and oxygen atoms in total. The van der Waals surface area contributed by atoms with Crippen LogP contribution in [0, 0.1) is 6.92 Å². The van der Waals surface area contributed by atoms with E-state index in [4.69, 9.17) is 5.73 Å². The van der Waals surface area contributed by atoms with E-state index in [-0.39, 0.29) is 18.3 Å². The molecule has 0 aliphatic heterocycles. The molecule has 22 heavy (non-hydrogen) atoms. The molecular formula is C15H20BrClN4O. The van der Waals surface area contributed by atoms with Crippen molar-refractivity contribution >= 4 is 34.2 Å². The zero-order valence-corrected chi connectivity index (χ0v) is 15.2. The van der Waals surface area contributed by atoms with Gasteiger partial charge in [0.2, 0.25) is 0 Å². The fourth-order valence-corrected chi connectivity index (χ4v) is 2.31. The lowest BCUT2D eigenvalue weighted by Crippen LogP contribution is -2.48. The van der Waals surface area contributed by atoms with Gasteiger partial charge in [-0.25, -0.2) is 4.68 Å². The third-order valence-corrected chi connectivity index (χ3v) is 3.76. The predicted octanol–water partition coefficient (Wildman–Crippen LogP) is 2.83. The number of rotatable bonds is 4. The van der Waals surface area contributed by atoms with E-state index < -0.39 is 5.54 Å². The van der Waals surface area contributed by atoms with Crippen molar-refractivity contribution < 1.29 is 4.79 Å². The molecule has 0 spiro atoms. The first-order valence-corrected chi connectivity index (χ1v) is 7.46. The van der Waals surface area contributed by atoms with Gasteiger partial charge in [0.1, 0.15) is 0 Å². The largest absolute Gasteiger partial charge is 0.346 e. The molecule has 1 aromatic heterocycles. The third kappa shape index (κ3) is 4.09. The van der Waals surface area contributed by atoms with Gasteiger partial charge in [0.25, 0.3) is 5.91 Å². The molecule has 1 aromatic carbocycles. The summed E-state index contributed by atoms with van der Waals surface area (Å²) in [6.07, 6.45) is 1.58. The maximum atomic E-state index is 12.3. The van der Waals surface area contributed by atoms with Gasteiger partial charge >= 0.3 is 0 Å². The Morgan fingerprint density at radius 3 is 2.73 bits per heavy atom. The maximum Gasteiger partial charge on any atom is 0.255 e. The van der Waals surface area contributed by atoms with Crippen molar-refractivity contribution in [2.24, 2.45) is 5.73 Å². The quantitative estimate of drug-likeness (QED) is 0.847. The van der Waals surface area contributed by atoms with Gasteiger partial charge in [-0.1, -0.05) is 22.0 Å². The second-order valence-electron chi connectivity index (χ2n) is 5.58. The van der Waals surface area contributed by atoms with Crippen molar-refractivity contribution in [1.82, 2.24) is 15.1 Å². The summed E-state index contributed by atoms with van der Waals surface area (Å²) >= 11 is 3.43. The number of carbonyl (C=O) groups excluding carboxylic acids is 1. The van der Waals surface area contributed by atoms with Crippen molar-refractivity contribution in [3.63, 3.8) is 0 Å². The number of carbonyl (C=O) groups is 1. The van der Waals surface area contributed by atoms with Gasteiger partial charge in [0, 0.05) is 16.6 Å². The zero-order chi connectivity index (χ0) is 15.6. The number of hydrogen-bond acceptors (Lipinski definition) is 3. The SMILES string of the molecule is Cc1c(C(=O)NC(C)(C)CN)cnn1-c1cccc(Br)c1.Cl. The third-order valence-electron chi connectivity index (χ3n) is 3.27. The van der Waals surface area contributed by atoms with E-state index in [1.54, 1.807) is 10.9 Å². The van der Waals surface area contributed by atoms with E-state index in [0.29, 0.717) is 12.1 Å². The van der Waals surface area contributed by atoms with Gasteiger partial charge in [-0.2, -0.15) is 5.10 Å². The number of nitrogens with two attached hydrogens (primary N) is 1. The molecule has 0 unspecified atom stereocenters. The molecule has 0 saturated heterocycles. The molecule has 7 heteroatoms. The molecular weight excluding hydrogens is 368 g/mol. The van der Waals surface area contributed by atoms with Crippen LogP contribution in [0.2, 0.25) is 0 Å². The van der Waals surface area contributed by atoms with Crippen LogP contribution in [0.3, 0.4) is 0 Å². The summed E-state index contributed by atoms with van der Waals surface area (Å²) in [7, 11) is 0. The normalized spacial score (nSPS) is 11.0. The maximum absolute atomic E-state index is 12.3. The topological polar surface area (TPSA) is 72.9 Å². The molecule has 120 valence electrons. The van der Waals surface area contributed by atoms with Crippen molar-refractivity contribution in [3.05, 3.63) is 46.2 Å². The van der Waals surface area contributed by atoms with Crippen LogP contribution in [-0.4, -0.2) is 27.8 Å². The lowest BCUT2D eigenvalue weighted by Gasteiger charge is -2.24. The molecule has 2 aromatic rings. The minimum Gasteiger partial charge on any atom is -0.346 e. The average molecular weight is 388 g/mol. The van der Waals surface area contributed by atoms with Crippen LogP contribution < -0.4 is 11.1 Å². The molecule has 1 heterocycles. The van der Waals surface area contributed by atoms with Gasteiger partial charge < -0.3 is 11.1 Å². The number of benzene rings is 1. The summed E-state index contributed by atoms with van der Waals surface area (Å²) in [6.45, 7) is 6.02. The second kappa shape index (κ2) is 7.26. The first kappa shape index (κ1) is 18.7. The molecule has 0 aliphatic carbocycles. The Morgan fingerprint density at radius 1 is 1.45 bits per heavy atom. The fourth-order valence-electron chi connectivity index (χ4n) is 1.93. The number of hydrogen-bond donors (Lipinski definition) is 2. The average Bonchev–Trinajstić information content (AvgIpc) is 2.80. The highest BCUT2D eigenvalue weighted by molar-refractivity contribution is 9.10. The Labute approximate surface area is 144 Å². The number of nitrogens with zero attached hydrogens (tertiary/aromatic N) is 2.